The van der Waals surface area contributed by atoms with Crippen molar-refractivity contribution in [2.45, 2.75) is 13.0 Å². The van der Waals surface area contributed by atoms with Crippen molar-refractivity contribution >= 4 is 34.2 Å². The molecular formula is C7H6ClF2IN2. The zero-order valence-electron chi connectivity index (χ0n) is 6.40. The number of pyridine rings is 1. The summed E-state index contributed by atoms with van der Waals surface area (Å²) in [6, 6.07) is 1.31. The molecule has 0 atom stereocenters. The first-order valence-electron chi connectivity index (χ1n) is 3.39. The van der Waals surface area contributed by atoms with Gasteiger partial charge in [-0.25, -0.2) is 13.8 Å². The van der Waals surface area contributed by atoms with Gasteiger partial charge in [-0.2, -0.15) is 0 Å². The number of alkyl halides is 2. The fourth-order valence-electron chi connectivity index (χ4n) is 0.812. The minimum absolute atomic E-state index is 0.170. The van der Waals surface area contributed by atoms with Gasteiger partial charge in [-0.3, -0.25) is 0 Å². The van der Waals surface area contributed by atoms with Crippen LogP contribution in [0.3, 0.4) is 0 Å². The Morgan fingerprint density at radius 3 is 2.69 bits per heavy atom. The first kappa shape index (κ1) is 11.1. The van der Waals surface area contributed by atoms with Crippen LogP contribution in [0, 0.1) is 3.57 Å². The first-order valence-corrected chi connectivity index (χ1v) is 4.85. The van der Waals surface area contributed by atoms with Crippen molar-refractivity contribution in [3.05, 3.63) is 26.0 Å². The van der Waals surface area contributed by atoms with E-state index < -0.39 is 6.43 Å². The highest BCUT2D eigenvalue weighted by atomic mass is 127. The molecule has 0 aliphatic carbocycles. The topological polar surface area (TPSA) is 38.9 Å². The van der Waals surface area contributed by atoms with Crippen LogP contribution in [-0.2, 0) is 6.54 Å². The summed E-state index contributed by atoms with van der Waals surface area (Å²) >= 11 is 7.43. The molecule has 0 amide bonds. The number of aromatic nitrogens is 1. The molecule has 0 aromatic carbocycles. The van der Waals surface area contributed by atoms with Gasteiger partial charge in [0.25, 0.3) is 6.43 Å². The van der Waals surface area contributed by atoms with Crippen LogP contribution in [0.2, 0.25) is 5.15 Å². The van der Waals surface area contributed by atoms with Crippen LogP contribution in [0.5, 0.6) is 0 Å². The standard InChI is InChI=1S/C7H6ClF2IN2/c8-6-3(7(9)10)1-4(11)5(2-12)13-6/h1,7H,2,12H2. The minimum atomic E-state index is -2.60. The van der Waals surface area contributed by atoms with Crippen LogP contribution >= 0.6 is 34.2 Å². The summed E-state index contributed by atoms with van der Waals surface area (Å²) in [4.78, 5) is 3.77. The van der Waals surface area contributed by atoms with Gasteiger partial charge in [0, 0.05) is 10.1 Å². The summed E-state index contributed by atoms with van der Waals surface area (Å²) in [5.74, 6) is 0. The zero-order valence-corrected chi connectivity index (χ0v) is 9.31. The van der Waals surface area contributed by atoms with Gasteiger partial charge in [0.15, 0.2) is 0 Å². The number of nitrogens with zero attached hydrogens (tertiary/aromatic N) is 1. The van der Waals surface area contributed by atoms with Gasteiger partial charge in [-0.1, -0.05) is 11.6 Å². The fraction of sp³-hybridized carbons (Fsp3) is 0.286. The molecule has 0 bridgehead atoms. The molecule has 72 valence electrons. The van der Waals surface area contributed by atoms with E-state index in [1.807, 2.05) is 22.6 Å². The predicted molar refractivity (Wildman–Crippen MR) is 54.8 cm³/mol. The Balaban J connectivity index is 3.20. The summed E-state index contributed by atoms with van der Waals surface area (Å²) in [5.41, 5.74) is 5.62. The molecule has 0 saturated carbocycles. The van der Waals surface area contributed by atoms with Gasteiger partial charge in [-0.15, -0.1) is 0 Å². The van der Waals surface area contributed by atoms with Crippen molar-refractivity contribution in [2.75, 3.05) is 0 Å². The van der Waals surface area contributed by atoms with E-state index in [1.165, 1.54) is 6.07 Å². The second-order valence-electron chi connectivity index (χ2n) is 2.30. The van der Waals surface area contributed by atoms with Gasteiger partial charge < -0.3 is 5.73 Å². The molecule has 1 aromatic heterocycles. The van der Waals surface area contributed by atoms with Crippen molar-refractivity contribution < 1.29 is 8.78 Å². The van der Waals surface area contributed by atoms with Crippen molar-refractivity contribution in [3.8, 4) is 0 Å². The third-order valence-corrected chi connectivity index (χ3v) is 2.69. The van der Waals surface area contributed by atoms with Crippen LogP contribution in [-0.4, -0.2) is 4.98 Å². The van der Waals surface area contributed by atoms with Crippen molar-refractivity contribution in [3.63, 3.8) is 0 Å². The Morgan fingerprint density at radius 1 is 1.62 bits per heavy atom. The number of nitrogens with two attached hydrogens (primary N) is 1. The average Bonchev–Trinajstić information content (AvgIpc) is 2.07. The number of hydrogen-bond donors (Lipinski definition) is 1. The highest BCUT2D eigenvalue weighted by Gasteiger charge is 2.15. The maximum atomic E-state index is 12.3. The van der Waals surface area contributed by atoms with Gasteiger partial charge >= 0.3 is 0 Å². The molecule has 0 saturated heterocycles. The molecule has 2 nitrogen and oxygen atoms in total. The molecule has 13 heavy (non-hydrogen) atoms. The predicted octanol–water partition coefficient (Wildman–Crippen LogP) is 2.74. The average molecular weight is 318 g/mol. The summed E-state index contributed by atoms with van der Waals surface area (Å²) < 4.78 is 25.2. The molecule has 0 fully saturated rings. The zero-order chi connectivity index (χ0) is 10.0. The van der Waals surface area contributed by atoms with E-state index in [0.717, 1.165) is 0 Å². The quantitative estimate of drug-likeness (QED) is 0.673. The summed E-state index contributed by atoms with van der Waals surface area (Å²) in [5, 5.41) is -0.170. The lowest BCUT2D eigenvalue weighted by Crippen LogP contribution is -2.04. The van der Waals surface area contributed by atoms with Crippen LogP contribution < -0.4 is 5.73 Å². The Morgan fingerprint density at radius 2 is 2.23 bits per heavy atom. The van der Waals surface area contributed by atoms with Crippen LogP contribution in [0.25, 0.3) is 0 Å². The molecule has 1 heterocycles. The normalized spacial score (nSPS) is 10.9. The van der Waals surface area contributed by atoms with E-state index in [0.29, 0.717) is 9.26 Å². The monoisotopic (exact) mass is 318 g/mol. The molecular weight excluding hydrogens is 312 g/mol. The van der Waals surface area contributed by atoms with E-state index in [9.17, 15) is 8.78 Å². The summed E-state index contributed by atoms with van der Waals surface area (Å²) in [6.07, 6.45) is -2.60. The number of halogens is 4. The molecule has 0 spiro atoms. The minimum Gasteiger partial charge on any atom is -0.325 e. The summed E-state index contributed by atoms with van der Waals surface area (Å²) in [6.45, 7) is 0.196. The van der Waals surface area contributed by atoms with Crippen LogP contribution in [0.4, 0.5) is 8.78 Å². The third-order valence-electron chi connectivity index (χ3n) is 1.46. The van der Waals surface area contributed by atoms with Crippen molar-refractivity contribution in [2.24, 2.45) is 5.73 Å². The van der Waals surface area contributed by atoms with Gasteiger partial charge in [-0.05, 0) is 28.7 Å². The Kier molecular flexibility index (Phi) is 3.81. The molecule has 1 aromatic rings. The summed E-state index contributed by atoms with van der Waals surface area (Å²) in [7, 11) is 0. The smallest absolute Gasteiger partial charge is 0.266 e. The molecule has 6 heteroatoms. The lowest BCUT2D eigenvalue weighted by Gasteiger charge is -2.06. The highest BCUT2D eigenvalue weighted by Crippen LogP contribution is 2.27. The molecule has 0 unspecified atom stereocenters. The van der Waals surface area contributed by atoms with E-state index in [4.69, 9.17) is 17.3 Å². The molecule has 0 radical (unpaired) electrons. The SMILES string of the molecule is NCc1nc(Cl)c(C(F)F)cc1I. The highest BCUT2D eigenvalue weighted by molar-refractivity contribution is 14.1. The first-order chi connectivity index (χ1) is 6.06. The maximum absolute atomic E-state index is 12.3. The molecule has 0 aliphatic heterocycles. The van der Waals surface area contributed by atoms with Gasteiger partial charge in [0.1, 0.15) is 5.15 Å². The van der Waals surface area contributed by atoms with Crippen LogP contribution in [0.1, 0.15) is 17.7 Å². The number of rotatable bonds is 2. The third kappa shape index (κ3) is 2.47. The lowest BCUT2D eigenvalue weighted by atomic mass is 10.2. The molecule has 1 rings (SSSR count). The second-order valence-corrected chi connectivity index (χ2v) is 3.82. The molecule has 2 N–H and O–H groups in total. The fourth-order valence-corrected chi connectivity index (χ4v) is 1.73. The van der Waals surface area contributed by atoms with E-state index in [-0.39, 0.29) is 17.3 Å². The van der Waals surface area contributed by atoms with Gasteiger partial charge in [0.05, 0.1) is 11.3 Å². The van der Waals surface area contributed by atoms with Crippen molar-refractivity contribution in [1.82, 2.24) is 4.98 Å². The molecule has 0 aliphatic rings. The Bertz CT molecular complexity index is 320. The van der Waals surface area contributed by atoms with Crippen LogP contribution in [0.15, 0.2) is 6.07 Å². The van der Waals surface area contributed by atoms with Crippen molar-refractivity contribution in [1.29, 1.82) is 0 Å². The Hall–Kier alpha value is -0.0100. The largest absolute Gasteiger partial charge is 0.325 e. The number of hydrogen-bond acceptors (Lipinski definition) is 2. The van der Waals surface area contributed by atoms with E-state index >= 15 is 0 Å². The van der Waals surface area contributed by atoms with Gasteiger partial charge in [0.2, 0.25) is 0 Å². The lowest BCUT2D eigenvalue weighted by molar-refractivity contribution is 0.151. The van der Waals surface area contributed by atoms with E-state index in [1.54, 1.807) is 0 Å². The maximum Gasteiger partial charge on any atom is 0.266 e. The second kappa shape index (κ2) is 4.47. The van der Waals surface area contributed by atoms with E-state index in [2.05, 4.69) is 4.98 Å². The Labute approximate surface area is 92.6 Å².